The summed E-state index contributed by atoms with van der Waals surface area (Å²) in [7, 11) is 0. The number of carbonyl (C=O) groups is 1. The van der Waals surface area contributed by atoms with Crippen LogP contribution >= 0.6 is 0 Å². The van der Waals surface area contributed by atoms with E-state index in [2.05, 4.69) is 11.3 Å². The Kier molecular flexibility index (Phi) is 7.17. The smallest absolute Gasteiger partial charge is 0.333 e. The summed E-state index contributed by atoms with van der Waals surface area (Å²) < 4.78 is 4.56. The highest BCUT2D eigenvalue weighted by Gasteiger charge is 1.98. The zero-order valence-corrected chi connectivity index (χ0v) is 9.56. The molecule has 0 atom stereocenters. The summed E-state index contributed by atoms with van der Waals surface area (Å²) in [4.78, 5) is 10.4. The van der Waals surface area contributed by atoms with Crippen LogP contribution in [0, 0.1) is 11.3 Å². The molecule has 0 aliphatic heterocycles. The van der Waals surface area contributed by atoms with Crippen LogP contribution in [0.15, 0.2) is 42.5 Å². The van der Waals surface area contributed by atoms with Gasteiger partial charge in [-0.3, -0.25) is 0 Å². The van der Waals surface area contributed by atoms with Gasteiger partial charge >= 0.3 is 5.97 Å². The van der Waals surface area contributed by atoms with E-state index in [9.17, 15) is 4.79 Å². The molecule has 0 aliphatic carbocycles. The van der Waals surface area contributed by atoms with Crippen LogP contribution in [-0.2, 0) is 9.53 Å². The molecule has 0 aromatic heterocycles. The number of hydrogen-bond donors (Lipinski definition) is 0. The molecule has 16 heavy (non-hydrogen) atoms. The van der Waals surface area contributed by atoms with Crippen molar-refractivity contribution in [2.75, 3.05) is 6.61 Å². The van der Waals surface area contributed by atoms with Crippen molar-refractivity contribution in [2.45, 2.75) is 13.8 Å². The summed E-state index contributed by atoms with van der Waals surface area (Å²) in [5.41, 5.74) is 1.17. The van der Waals surface area contributed by atoms with Crippen molar-refractivity contribution in [2.24, 2.45) is 0 Å². The second kappa shape index (κ2) is 8.25. The molecular formula is C13H15NO2. The lowest BCUT2D eigenvalue weighted by molar-refractivity contribution is -0.138. The molecule has 0 radical (unpaired) electrons. The lowest BCUT2D eigenvalue weighted by atomic mass is 10.2. The Balaban J connectivity index is 0.000000281. The second-order valence-electron chi connectivity index (χ2n) is 2.98. The minimum atomic E-state index is -0.312. The van der Waals surface area contributed by atoms with E-state index in [-0.39, 0.29) is 5.97 Å². The van der Waals surface area contributed by atoms with Gasteiger partial charge in [0, 0.05) is 5.57 Å². The fourth-order valence-corrected chi connectivity index (χ4v) is 0.767. The van der Waals surface area contributed by atoms with Gasteiger partial charge in [-0.05, 0) is 26.0 Å². The zero-order chi connectivity index (χ0) is 12.4. The van der Waals surface area contributed by atoms with Gasteiger partial charge in [-0.2, -0.15) is 5.26 Å². The molecule has 0 N–H and O–H groups in total. The fourth-order valence-electron chi connectivity index (χ4n) is 0.767. The van der Waals surface area contributed by atoms with Gasteiger partial charge < -0.3 is 4.74 Å². The van der Waals surface area contributed by atoms with Crippen molar-refractivity contribution >= 4 is 5.97 Å². The van der Waals surface area contributed by atoms with Gasteiger partial charge in [0.15, 0.2) is 0 Å². The Hall–Kier alpha value is -2.08. The number of hydrogen-bond acceptors (Lipinski definition) is 3. The molecule has 0 fully saturated rings. The van der Waals surface area contributed by atoms with Crippen molar-refractivity contribution in [1.82, 2.24) is 0 Å². The molecule has 1 aromatic carbocycles. The molecule has 3 nitrogen and oxygen atoms in total. The Morgan fingerprint density at radius 2 is 2.00 bits per heavy atom. The number of nitriles is 1. The highest BCUT2D eigenvalue weighted by Crippen LogP contribution is 1.93. The van der Waals surface area contributed by atoms with E-state index >= 15 is 0 Å². The first kappa shape index (κ1) is 13.9. The lowest BCUT2D eigenvalue weighted by Crippen LogP contribution is -2.03. The van der Waals surface area contributed by atoms with E-state index in [0.717, 1.165) is 0 Å². The first-order valence-corrected chi connectivity index (χ1v) is 4.89. The molecule has 0 saturated heterocycles. The number of carbonyl (C=O) groups excluding carboxylic acids is 1. The van der Waals surface area contributed by atoms with Crippen LogP contribution in [0.2, 0.25) is 0 Å². The van der Waals surface area contributed by atoms with Crippen LogP contribution < -0.4 is 0 Å². The Morgan fingerprint density at radius 1 is 1.44 bits per heavy atom. The summed E-state index contributed by atoms with van der Waals surface area (Å²) in [6.07, 6.45) is 0. The molecule has 0 aliphatic rings. The van der Waals surface area contributed by atoms with E-state index in [4.69, 9.17) is 5.26 Å². The highest BCUT2D eigenvalue weighted by atomic mass is 16.5. The summed E-state index contributed by atoms with van der Waals surface area (Å²) >= 11 is 0. The molecule has 0 bridgehead atoms. The van der Waals surface area contributed by atoms with Crippen molar-refractivity contribution in [3.05, 3.63) is 48.0 Å². The molecular weight excluding hydrogens is 202 g/mol. The highest BCUT2D eigenvalue weighted by molar-refractivity contribution is 5.86. The molecule has 0 heterocycles. The third-order valence-electron chi connectivity index (χ3n) is 1.53. The molecule has 0 saturated carbocycles. The van der Waals surface area contributed by atoms with Crippen LogP contribution in [0.5, 0.6) is 0 Å². The molecule has 3 heteroatoms. The molecule has 1 rings (SSSR count). The number of ether oxygens (including phenoxy) is 1. The van der Waals surface area contributed by atoms with Gasteiger partial charge in [0.1, 0.15) is 0 Å². The predicted molar refractivity (Wildman–Crippen MR) is 62.6 cm³/mol. The Bertz CT molecular complexity index is 377. The van der Waals surface area contributed by atoms with Crippen LogP contribution in [-0.4, -0.2) is 12.6 Å². The summed E-state index contributed by atoms with van der Waals surface area (Å²) in [5, 5.41) is 8.29. The van der Waals surface area contributed by atoms with Crippen LogP contribution in [0.1, 0.15) is 19.4 Å². The third-order valence-corrected chi connectivity index (χ3v) is 1.53. The van der Waals surface area contributed by atoms with Crippen molar-refractivity contribution < 1.29 is 9.53 Å². The molecule has 0 unspecified atom stereocenters. The van der Waals surface area contributed by atoms with E-state index in [1.54, 1.807) is 26.0 Å². The van der Waals surface area contributed by atoms with Gasteiger partial charge in [-0.25, -0.2) is 4.79 Å². The SMILES string of the molecule is C=C(C)C(=O)OCC.N#Cc1ccccc1. The Labute approximate surface area is 96.0 Å². The number of nitrogens with zero attached hydrogens (tertiary/aromatic N) is 1. The maximum atomic E-state index is 10.4. The van der Waals surface area contributed by atoms with E-state index in [0.29, 0.717) is 17.7 Å². The maximum absolute atomic E-state index is 10.4. The first-order valence-electron chi connectivity index (χ1n) is 4.89. The summed E-state index contributed by atoms with van der Waals surface area (Å²) in [6, 6.07) is 11.2. The van der Waals surface area contributed by atoms with Crippen molar-refractivity contribution in [3.8, 4) is 6.07 Å². The minimum absolute atomic E-state index is 0.312. The predicted octanol–water partition coefficient (Wildman–Crippen LogP) is 2.68. The number of benzene rings is 1. The van der Waals surface area contributed by atoms with Gasteiger partial charge in [0.2, 0.25) is 0 Å². The molecule has 1 aromatic rings. The van der Waals surface area contributed by atoms with Crippen LogP contribution in [0.3, 0.4) is 0 Å². The minimum Gasteiger partial charge on any atom is -0.463 e. The largest absolute Gasteiger partial charge is 0.463 e. The van der Waals surface area contributed by atoms with Gasteiger partial charge in [-0.1, -0.05) is 24.8 Å². The first-order chi connectivity index (χ1) is 7.61. The normalized spacial score (nSPS) is 8.06. The fraction of sp³-hybridized carbons (Fsp3) is 0.231. The van der Waals surface area contributed by atoms with Gasteiger partial charge in [-0.15, -0.1) is 0 Å². The van der Waals surface area contributed by atoms with Crippen molar-refractivity contribution in [1.29, 1.82) is 5.26 Å². The second-order valence-corrected chi connectivity index (χ2v) is 2.98. The average molecular weight is 217 g/mol. The molecule has 84 valence electrons. The van der Waals surface area contributed by atoms with Crippen LogP contribution in [0.25, 0.3) is 0 Å². The third kappa shape index (κ3) is 6.39. The topological polar surface area (TPSA) is 50.1 Å². The van der Waals surface area contributed by atoms with Gasteiger partial charge in [0.25, 0.3) is 0 Å². The van der Waals surface area contributed by atoms with Crippen molar-refractivity contribution in [3.63, 3.8) is 0 Å². The number of rotatable bonds is 2. The van der Waals surface area contributed by atoms with Crippen LogP contribution in [0.4, 0.5) is 0 Å². The lowest BCUT2D eigenvalue weighted by Gasteiger charge is -1.96. The monoisotopic (exact) mass is 217 g/mol. The summed E-state index contributed by atoms with van der Waals surface area (Å²) in [5.74, 6) is -0.312. The standard InChI is InChI=1S/C7H5N.C6H10O2/c8-6-7-4-2-1-3-5-7;1-4-8-6(7)5(2)3/h1-5H;2,4H2,1,3H3. The van der Waals surface area contributed by atoms with E-state index < -0.39 is 0 Å². The quantitative estimate of drug-likeness (QED) is 0.565. The van der Waals surface area contributed by atoms with Gasteiger partial charge in [0.05, 0.1) is 18.2 Å². The van der Waals surface area contributed by atoms with E-state index in [1.165, 1.54) is 0 Å². The average Bonchev–Trinajstić information content (AvgIpc) is 2.31. The summed E-state index contributed by atoms with van der Waals surface area (Å²) in [6.45, 7) is 7.21. The Morgan fingerprint density at radius 3 is 2.25 bits per heavy atom. The molecule has 0 amide bonds. The van der Waals surface area contributed by atoms with E-state index in [1.807, 2.05) is 24.3 Å². The number of esters is 1. The molecule has 0 spiro atoms. The maximum Gasteiger partial charge on any atom is 0.333 e. The zero-order valence-electron chi connectivity index (χ0n) is 9.56.